The van der Waals surface area contributed by atoms with E-state index in [9.17, 15) is 4.79 Å². The Bertz CT molecular complexity index is 719. The first kappa shape index (κ1) is 21.9. The zero-order valence-electron chi connectivity index (χ0n) is 18.8. The van der Waals surface area contributed by atoms with Crippen molar-refractivity contribution in [1.29, 1.82) is 0 Å². The van der Waals surface area contributed by atoms with E-state index in [2.05, 4.69) is 39.1 Å². The lowest BCUT2D eigenvalue weighted by molar-refractivity contribution is -0.154. The van der Waals surface area contributed by atoms with Crippen molar-refractivity contribution in [3.05, 3.63) is 23.8 Å². The summed E-state index contributed by atoms with van der Waals surface area (Å²) >= 11 is 0. The minimum Gasteiger partial charge on any atom is -0.493 e. The normalized spacial score (nSPS) is 31.8. The quantitative estimate of drug-likeness (QED) is 0.735. The molecule has 0 unspecified atom stereocenters. The first-order valence-electron chi connectivity index (χ1n) is 10.9. The third-order valence-electron chi connectivity index (χ3n) is 6.62. The predicted octanol–water partition coefficient (Wildman–Crippen LogP) is 4.89. The number of carbonyl (C=O) groups is 1. The van der Waals surface area contributed by atoms with Crippen LogP contribution in [0.5, 0.6) is 11.5 Å². The van der Waals surface area contributed by atoms with Crippen molar-refractivity contribution >= 4 is 5.91 Å². The van der Waals surface area contributed by atoms with E-state index in [0.717, 1.165) is 30.6 Å². The van der Waals surface area contributed by atoms with Crippen molar-refractivity contribution < 1.29 is 19.0 Å². The molecule has 5 heteroatoms. The maximum absolute atomic E-state index is 12.7. The highest BCUT2D eigenvalue weighted by atomic mass is 16.5. The van der Waals surface area contributed by atoms with Crippen LogP contribution in [0, 0.1) is 17.8 Å². The van der Waals surface area contributed by atoms with Gasteiger partial charge in [-0.25, -0.2) is 0 Å². The highest BCUT2D eigenvalue weighted by Crippen LogP contribution is 2.50. The van der Waals surface area contributed by atoms with Crippen LogP contribution in [-0.4, -0.2) is 31.8 Å². The minimum absolute atomic E-state index is 0.137. The van der Waals surface area contributed by atoms with Gasteiger partial charge in [-0.15, -0.1) is 0 Å². The molecule has 3 rings (SSSR count). The molecule has 1 heterocycles. The van der Waals surface area contributed by atoms with Gasteiger partial charge in [0.15, 0.2) is 11.5 Å². The molecule has 0 radical (unpaired) electrons. The van der Waals surface area contributed by atoms with Crippen molar-refractivity contribution in [3.8, 4) is 11.5 Å². The van der Waals surface area contributed by atoms with E-state index < -0.39 is 0 Å². The van der Waals surface area contributed by atoms with Gasteiger partial charge in [-0.2, -0.15) is 0 Å². The van der Waals surface area contributed by atoms with Crippen molar-refractivity contribution in [3.63, 3.8) is 0 Å². The van der Waals surface area contributed by atoms with Gasteiger partial charge in [0.05, 0.1) is 26.4 Å². The molecule has 1 aromatic carbocycles. The third kappa shape index (κ3) is 4.71. The number of nitrogens with one attached hydrogen (secondary N) is 1. The molecule has 1 aromatic rings. The van der Waals surface area contributed by atoms with Gasteiger partial charge in [-0.3, -0.25) is 4.79 Å². The summed E-state index contributed by atoms with van der Waals surface area (Å²) in [5.41, 5.74) is 0.696. The molecule has 0 aromatic heterocycles. The molecular weight excluding hydrogens is 366 g/mol. The maximum Gasteiger partial charge on any atom is 0.220 e. The van der Waals surface area contributed by atoms with Crippen LogP contribution < -0.4 is 14.8 Å². The number of para-hydroxylation sites is 1. The summed E-state index contributed by atoms with van der Waals surface area (Å²) in [4.78, 5) is 12.7. The third-order valence-corrected chi connectivity index (χ3v) is 6.62. The van der Waals surface area contributed by atoms with Gasteiger partial charge < -0.3 is 19.5 Å². The summed E-state index contributed by atoms with van der Waals surface area (Å²) in [6.45, 7) is 8.67. The fourth-order valence-corrected chi connectivity index (χ4v) is 5.24. The van der Waals surface area contributed by atoms with Crippen LogP contribution in [0.4, 0.5) is 0 Å². The van der Waals surface area contributed by atoms with Gasteiger partial charge in [0, 0.05) is 29.9 Å². The monoisotopic (exact) mass is 403 g/mol. The van der Waals surface area contributed by atoms with Crippen molar-refractivity contribution in [2.75, 3.05) is 14.2 Å². The Balaban J connectivity index is 1.93. The maximum atomic E-state index is 12.7. The molecule has 29 heavy (non-hydrogen) atoms. The van der Waals surface area contributed by atoms with Crippen LogP contribution in [0.2, 0.25) is 0 Å². The molecular formula is C24H37NO4. The number of amides is 1. The SMILES string of the molecule is COc1cccc([C@H]2C[C@@](C)(NC(=O)CC(C)C)[C@@H]3CC[C@@H](C)C[C@H]3O2)c1OC. The topological polar surface area (TPSA) is 56.8 Å². The Morgan fingerprint density at radius 1 is 1.28 bits per heavy atom. The van der Waals surface area contributed by atoms with Crippen molar-refractivity contribution in [2.45, 2.75) is 77.5 Å². The number of rotatable bonds is 6. The van der Waals surface area contributed by atoms with E-state index >= 15 is 0 Å². The van der Waals surface area contributed by atoms with E-state index in [1.807, 2.05) is 12.1 Å². The molecule has 2 aliphatic rings. The lowest BCUT2D eigenvalue weighted by atomic mass is 9.66. The number of carbonyl (C=O) groups excluding carboxylic acids is 1. The van der Waals surface area contributed by atoms with Crippen LogP contribution in [0.15, 0.2) is 18.2 Å². The van der Waals surface area contributed by atoms with Crippen LogP contribution in [-0.2, 0) is 9.53 Å². The molecule has 1 N–H and O–H groups in total. The average Bonchev–Trinajstić information content (AvgIpc) is 2.65. The lowest BCUT2D eigenvalue weighted by Gasteiger charge is -2.52. The van der Waals surface area contributed by atoms with Gasteiger partial charge in [-0.1, -0.05) is 39.3 Å². The summed E-state index contributed by atoms with van der Waals surface area (Å²) in [7, 11) is 3.32. The van der Waals surface area contributed by atoms with E-state index in [0.29, 0.717) is 29.9 Å². The van der Waals surface area contributed by atoms with E-state index in [1.165, 1.54) is 6.42 Å². The molecule has 162 valence electrons. The van der Waals surface area contributed by atoms with Crippen LogP contribution >= 0.6 is 0 Å². The highest BCUT2D eigenvalue weighted by molar-refractivity contribution is 5.77. The number of benzene rings is 1. The average molecular weight is 404 g/mol. The lowest BCUT2D eigenvalue weighted by Crippen LogP contribution is -2.60. The zero-order chi connectivity index (χ0) is 21.2. The number of methoxy groups -OCH3 is 2. The molecule has 1 aliphatic heterocycles. The van der Waals surface area contributed by atoms with Gasteiger partial charge in [0.25, 0.3) is 0 Å². The van der Waals surface area contributed by atoms with Crippen LogP contribution in [0.1, 0.15) is 71.5 Å². The summed E-state index contributed by atoms with van der Waals surface area (Å²) in [5.74, 6) is 2.88. The number of hydrogen-bond acceptors (Lipinski definition) is 4. The summed E-state index contributed by atoms with van der Waals surface area (Å²) in [6, 6.07) is 5.93. The molecule has 1 amide bonds. The molecule has 5 nitrogen and oxygen atoms in total. The van der Waals surface area contributed by atoms with E-state index in [-0.39, 0.29) is 23.7 Å². The first-order valence-corrected chi connectivity index (χ1v) is 10.9. The highest BCUT2D eigenvalue weighted by Gasteiger charge is 2.50. The van der Waals surface area contributed by atoms with Crippen LogP contribution in [0.25, 0.3) is 0 Å². The van der Waals surface area contributed by atoms with Gasteiger partial charge >= 0.3 is 0 Å². The van der Waals surface area contributed by atoms with Crippen molar-refractivity contribution in [1.82, 2.24) is 5.32 Å². The molecule has 1 aliphatic carbocycles. The van der Waals surface area contributed by atoms with Gasteiger partial charge in [0.1, 0.15) is 0 Å². The van der Waals surface area contributed by atoms with Crippen LogP contribution in [0.3, 0.4) is 0 Å². The van der Waals surface area contributed by atoms with E-state index in [1.54, 1.807) is 14.2 Å². The fraction of sp³-hybridized carbons (Fsp3) is 0.708. The largest absolute Gasteiger partial charge is 0.493 e. The van der Waals surface area contributed by atoms with E-state index in [4.69, 9.17) is 14.2 Å². The number of hydrogen-bond donors (Lipinski definition) is 1. The standard InChI is InChI=1S/C24H37NO4/c1-15(2)12-22(26)25-24(4)14-21(29-20-13-16(3)10-11-18(20)24)17-8-7-9-19(27-5)23(17)28-6/h7-9,15-16,18,20-21H,10-14H2,1-6H3,(H,25,26)/t16-,18-,20-,21-,24-/m1/s1. The first-order chi connectivity index (χ1) is 13.8. The second-order valence-corrected chi connectivity index (χ2v) is 9.54. The van der Waals surface area contributed by atoms with Gasteiger partial charge in [-0.05, 0) is 37.7 Å². The fourth-order valence-electron chi connectivity index (χ4n) is 5.24. The summed E-state index contributed by atoms with van der Waals surface area (Å²) in [6.07, 6.45) is 4.59. The second kappa shape index (κ2) is 8.95. The molecule has 1 saturated carbocycles. The molecule has 0 bridgehead atoms. The summed E-state index contributed by atoms with van der Waals surface area (Å²) < 4.78 is 17.8. The number of fused-ring (bicyclic) bond motifs is 1. The molecule has 1 saturated heterocycles. The Hall–Kier alpha value is -1.75. The number of ether oxygens (including phenoxy) is 3. The zero-order valence-corrected chi connectivity index (χ0v) is 18.8. The van der Waals surface area contributed by atoms with Crippen molar-refractivity contribution in [2.24, 2.45) is 17.8 Å². The summed E-state index contributed by atoms with van der Waals surface area (Å²) in [5, 5.41) is 3.42. The Morgan fingerprint density at radius 2 is 2.03 bits per heavy atom. The molecule has 0 spiro atoms. The molecule has 5 atom stereocenters. The second-order valence-electron chi connectivity index (χ2n) is 9.54. The Kier molecular flexibility index (Phi) is 6.77. The Morgan fingerprint density at radius 3 is 2.69 bits per heavy atom. The van der Waals surface area contributed by atoms with Gasteiger partial charge in [0.2, 0.25) is 5.91 Å². The smallest absolute Gasteiger partial charge is 0.220 e. The Labute approximate surface area is 175 Å². The molecule has 2 fully saturated rings. The predicted molar refractivity (Wildman–Crippen MR) is 114 cm³/mol. The minimum atomic E-state index is -0.298.